The highest BCUT2D eigenvalue weighted by Crippen LogP contribution is 2.22. The molecule has 1 aliphatic heterocycles. The molecule has 1 unspecified atom stereocenters. The van der Waals surface area contributed by atoms with E-state index in [4.69, 9.17) is 5.73 Å². The van der Waals surface area contributed by atoms with E-state index in [9.17, 15) is 9.59 Å². The van der Waals surface area contributed by atoms with E-state index in [1.165, 1.54) is 31.3 Å². The van der Waals surface area contributed by atoms with Crippen molar-refractivity contribution in [3.8, 4) is 0 Å². The van der Waals surface area contributed by atoms with Gasteiger partial charge >= 0.3 is 6.03 Å². The Morgan fingerprint density at radius 2 is 2.18 bits per heavy atom. The quantitative estimate of drug-likeness (QED) is 0.793. The number of likely N-dealkylation sites (tertiary alicyclic amines) is 1. The Hall–Kier alpha value is -1.52. The van der Waals surface area contributed by atoms with Crippen LogP contribution in [0.1, 0.15) is 51.9 Å². The number of nitrogens with two attached hydrogens (primary N) is 1. The molecule has 0 radical (unpaired) electrons. The molecule has 1 heterocycles. The summed E-state index contributed by atoms with van der Waals surface area (Å²) in [5.74, 6) is 0.103. The summed E-state index contributed by atoms with van der Waals surface area (Å²) in [5.41, 5.74) is 6.85. The van der Waals surface area contributed by atoms with Crippen LogP contribution in [0.4, 0.5) is 4.79 Å². The molecule has 2 rings (SSSR count). The third kappa shape index (κ3) is 4.49. The zero-order valence-electron chi connectivity index (χ0n) is 13.7. The minimum Gasteiger partial charge on any atom is -0.351 e. The van der Waals surface area contributed by atoms with Gasteiger partial charge in [-0.05, 0) is 51.9 Å². The number of amides is 3. The van der Waals surface area contributed by atoms with Crippen LogP contribution < -0.4 is 5.73 Å². The Morgan fingerprint density at radius 1 is 1.36 bits per heavy atom. The van der Waals surface area contributed by atoms with E-state index < -0.39 is 6.03 Å². The summed E-state index contributed by atoms with van der Waals surface area (Å²) in [5, 5.41) is 0. The number of carbonyl (C=O) groups is 2. The second kappa shape index (κ2) is 8.20. The van der Waals surface area contributed by atoms with Crippen molar-refractivity contribution in [2.24, 2.45) is 11.7 Å². The lowest BCUT2D eigenvalue weighted by atomic mass is 9.95. The standard InChI is InChI=1S/C17H29N3O2/c1-2-19(12-10-14-7-4-3-5-8-14)16(21)15-9-6-11-20(13-15)17(18)22/h7,15H,2-6,8-13H2,1H3,(H2,18,22). The van der Waals surface area contributed by atoms with Gasteiger partial charge < -0.3 is 15.5 Å². The Labute approximate surface area is 133 Å². The molecule has 22 heavy (non-hydrogen) atoms. The van der Waals surface area contributed by atoms with Crippen LogP contribution in [-0.4, -0.2) is 47.9 Å². The fourth-order valence-electron chi connectivity index (χ4n) is 3.47. The van der Waals surface area contributed by atoms with Gasteiger partial charge in [-0.3, -0.25) is 4.79 Å². The van der Waals surface area contributed by atoms with Gasteiger partial charge in [0.1, 0.15) is 0 Å². The minimum absolute atomic E-state index is 0.0819. The van der Waals surface area contributed by atoms with Crippen LogP contribution in [-0.2, 0) is 4.79 Å². The predicted molar refractivity (Wildman–Crippen MR) is 87.3 cm³/mol. The highest BCUT2D eigenvalue weighted by atomic mass is 16.2. The molecule has 5 heteroatoms. The fourth-order valence-corrected chi connectivity index (χ4v) is 3.47. The predicted octanol–water partition coefficient (Wildman–Crippen LogP) is 2.52. The van der Waals surface area contributed by atoms with Crippen LogP contribution in [0.3, 0.4) is 0 Å². The van der Waals surface area contributed by atoms with Gasteiger partial charge in [0.25, 0.3) is 0 Å². The summed E-state index contributed by atoms with van der Waals surface area (Å²) in [6.45, 7) is 4.72. The Kier molecular flexibility index (Phi) is 6.28. The van der Waals surface area contributed by atoms with Gasteiger partial charge in [-0.1, -0.05) is 11.6 Å². The SMILES string of the molecule is CCN(CCC1=CCCCC1)C(=O)C1CCCN(C(N)=O)C1. The van der Waals surface area contributed by atoms with Crippen LogP contribution in [0, 0.1) is 5.92 Å². The Bertz CT molecular complexity index is 434. The van der Waals surface area contributed by atoms with E-state index in [-0.39, 0.29) is 11.8 Å². The number of piperidine rings is 1. The smallest absolute Gasteiger partial charge is 0.314 e. The third-order valence-electron chi connectivity index (χ3n) is 4.86. The Morgan fingerprint density at radius 3 is 2.82 bits per heavy atom. The summed E-state index contributed by atoms with van der Waals surface area (Å²) in [6.07, 6.45) is 10.0. The van der Waals surface area contributed by atoms with Gasteiger partial charge in [0.15, 0.2) is 0 Å². The number of hydrogen-bond donors (Lipinski definition) is 1. The lowest BCUT2D eigenvalue weighted by molar-refractivity contribution is -0.136. The van der Waals surface area contributed by atoms with E-state index in [1.807, 2.05) is 11.8 Å². The zero-order chi connectivity index (χ0) is 15.9. The lowest BCUT2D eigenvalue weighted by Crippen LogP contribution is -2.48. The van der Waals surface area contributed by atoms with Crippen molar-refractivity contribution >= 4 is 11.9 Å². The summed E-state index contributed by atoms with van der Waals surface area (Å²) >= 11 is 0. The molecule has 124 valence electrons. The maximum absolute atomic E-state index is 12.7. The van der Waals surface area contributed by atoms with Gasteiger partial charge in [0, 0.05) is 26.2 Å². The number of nitrogens with zero attached hydrogens (tertiary/aromatic N) is 2. The summed E-state index contributed by atoms with van der Waals surface area (Å²) < 4.78 is 0. The number of allylic oxidation sites excluding steroid dienone is 1. The van der Waals surface area contributed by atoms with Gasteiger partial charge in [0.05, 0.1) is 5.92 Å². The zero-order valence-corrected chi connectivity index (χ0v) is 13.7. The van der Waals surface area contributed by atoms with Gasteiger partial charge in [-0.15, -0.1) is 0 Å². The number of primary amides is 1. The second-order valence-corrected chi connectivity index (χ2v) is 6.40. The number of carbonyl (C=O) groups excluding carboxylic acids is 2. The van der Waals surface area contributed by atoms with Crippen LogP contribution in [0.25, 0.3) is 0 Å². The average Bonchev–Trinajstić information content (AvgIpc) is 2.56. The summed E-state index contributed by atoms with van der Waals surface area (Å²) in [4.78, 5) is 27.6. The van der Waals surface area contributed by atoms with Crippen molar-refractivity contribution in [2.45, 2.75) is 51.9 Å². The molecule has 1 atom stereocenters. The molecular formula is C17H29N3O2. The molecule has 0 aromatic carbocycles. The molecule has 3 amide bonds. The topological polar surface area (TPSA) is 66.6 Å². The molecule has 1 fully saturated rings. The Balaban J connectivity index is 1.87. The fraction of sp³-hybridized carbons (Fsp3) is 0.765. The maximum Gasteiger partial charge on any atom is 0.314 e. The molecule has 1 saturated heterocycles. The first-order valence-corrected chi connectivity index (χ1v) is 8.63. The number of rotatable bonds is 5. The molecule has 5 nitrogen and oxygen atoms in total. The largest absolute Gasteiger partial charge is 0.351 e. The summed E-state index contributed by atoms with van der Waals surface area (Å²) in [6, 6.07) is -0.409. The van der Waals surface area contributed by atoms with Crippen molar-refractivity contribution in [3.05, 3.63) is 11.6 Å². The van der Waals surface area contributed by atoms with E-state index in [2.05, 4.69) is 6.08 Å². The molecule has 0 aromatic rings. The van der Waals surface area contributed by atoms with E-state index in [0.717, 1.165) is 32.4 Å². The molecule has 2 aliphatic rings. The van der Waals surface area contributed by atoms with E-state index in [0.29, 0.717) is 13.1 Å². The molecule has 0 bridgehead atoms. The van der Waals surface area contributed by atoms with E-state index >= 15 is 0 Å². The first-order valence-electron chi connectivity index (χ1n) is 8.63. The van der Waals surface area contributed by atoms with Gasteiger partial charge in [-0.2, -0.15) is 0 Å². The highest BCUT2D eigenvalue weighted by Gasteiger charge is 2.30. The van der Waals surface area contributed by atoms with Gasteiger partial charge in [0.2, 0.25) is 5.91 Å². The van der Waals surface area contributed by atoms with Crippen molar-refractivity contribution in [3.63, 3.8) is 0 Å². The molecule has 0 saturated carbocycles. The van der Waals surface area contributed by atoms with Crippen LogP contribution >= 0.6 is 0 Å². The van der Waals surface area contributed by atoms with Crippen molar-refractivity contribution < 1.29 is 9.59 Å². The van der Waals surface area contributed by atoms with Crippen LogP contribution in [0.15, 0.2) is 11.6 Å². The second-order valence-electron chi connectivity index (χ2n) is 6.40. The first-order chi connectivity index (χ1) is 10.6. The average molecular weight is 307 g/mol. The lowest BCUT2D eigenvalue weighted by Gasteiger charge is -2.34. The van der Waals surface area contributed by atoms with Crippen molar-refractivity contribution in [2.75, 3.05) is 26.2 Å². The maximum atomic E-state index is 12.7. The molecular weight excluding hydrogens is 278 g/mol. The monoisotopic (exact) mass is 307 g/mol. The van der Waals surface area contributed by atoms with E-state index in [1.54, 1.807) is 4.90 Å². The third-order valence-corrected chi connectivity index (χ3v) is 4.86. The molecule has 2 N–H and O–H groups in total. The first kappa shape index (κ1) is 16.8. The molecule has 1 aliphatic carbocycles. The summed E-state index contributed by atoms with van der Waals surface area (Å²) in [7, 11) is 0. The van der Waals surface area contributed by atoms with Crippen molar-refractivity contribution in [1.29, 1.82) is 0 Å². The van der Waals surface area contributed by atoms with Crippen molar-refractivity contribution in [1.82, 2.24) is 9.80 Å². The molecule has 0 aromatic heterocycles. The van der Waals surface area contributed by atoms with Crippen LogP contribution in [0.2, 0.25) is 0 Å². The molecule has 0 spiro atoms. The normalized spacial score (nSPS) is 22.1. The van der Waals surface area contributed by atoms with Crippen LogP contribution in [0.5, 0.6) is 0 Å². The highest BCUT2D eigenvalue weighted by molar-refractivity contribution is 5.80. The number of hydrogen-bond acceptors (Lipinski definition) is 2. The number of urea groups is 1. The minimum atomic E-state index is -0.409. The van der Waals surface area contributed by atoms with Gasteiger partial charge in [-0.25, -0.2) is 4.79 Å².